The molecule has 3 N–H and O–H groups in total. The van der Waals surface area contributed by atoms with Crippen LogP contribution in [0.1, 0.15) is 6.92 Å². The Balaban J connectivity index is 1.90. The van der Waals surface area contributed by atoms with Crippen LogP contribution in [-0.2, 0) is 9.53 Å². The van der Waals surface area contributed by atoms with Gasteiger partial charge < -0.3 is 20.7 Å². The molecule has 0 aromatic carbocycles. The maximum absolute atomic E-state index is 12.0. The smallest absolute Gasteiger partial charge is 0.244 e. The van der Waals surface area contributed by atoms with Crippen LogP contribution < -0.4 is 11.1 Å². The monoisotopic (exact) mass is 257 g/mol. The molecule has 8 heteroatoms. The molecule has 1 atom stereocenters. The van der Waals surface area contributed by atoms with Gasteiger partial charge in [-0.3, -0.25) is 4.79 Å². The number of ether oxygens (including phenoxy) is 1. The zero-order chi connectivity index (χ0) is 12.3. The molecule has 1 saturated heterocycles. The molecule has 1 fully saturated rings. The van der Waals surface area contributed by atoms with Crippen molar-refractivity contribution >= 4 is 28.5 Å². The van der Waals surface area contributed by atoms with Gasteiger partial charge in [0.05, 0.1) is 13.2 Å². The van der Waals surface area contributed by atoms with E-state index in [0.29, 0.717) is 31.4 Å². The lowest BCUT2D eigenvalue weighted by atomic mass is 10.2. The van der Waals surface area contributed by atoms with E-state index < -0.39 is 0 Å². The number of hydrogen-bond donors (Lipinski definition) is 2. The van der Waals surface area contributed by atoms with Crippen LogP contribution >= 0.6 is 11.5 Å². The second-order valence-corrected chi connectivity index (χ2v) is 4.51. The third-order valence-electron chi connectivity index (χ3n) is 2.47. The van der Waals surface area contributed by atoms with E-state index in [9.17, 15) is 4.79 Å². The number of anilines is 2. The van der Waals surface area contributed by atoms with Crippen LogP contribution in [0.25, 0.3) is 0 Å². The second kappa shape index (κ2) is 5.28. The van der Waals surface area contributed by atoms with Gasteiger partial charge in [-0.2, -0.15) is 9.36 Å². The Labute approximate surface area is 103 Å². The summed E-state index contributed by atoms with van der Waals surface area (Å²) in [6, 6.07) is -0.333. The van der Waals surface area contributed by atoms with Crippen LogP contribution in [0.2, 0.25) is 0 Å². The summed E-state index contributed by atoms with van der Waals surface area (Å²) in [4.78, 5) is 17.8. The van der Waals surface area contributed by atoms with Gasteiger partial charge in [0.2, 0.25) is 17.0 Å². The van der Waals surface area contributed by atoms with E-state index in [-0.39, 0.29) is 17.9 Å². The van der Waals surface area contributed by atoms with Gasteiger partial charge >= 0.3 is 0 Å². The maximum atomic E-state index is 12.0. The van der Waals surface area contributed by atoms with Crippen LogP contribution in [0.5, 0.6) is 0 Å². The van der Waals surface area contributed by atoms with Crippen LogP contribution in [0.4, 0.5) is 11.1 Å². The quantitative estimate of drug-likeness (QED) is 0.777. The van der Waals surface area contributed by atoms with E-state index >= 15 is 0 Å². The number of nitrogens with zero attached hydrogens (tertiary/aromatic N) is 3. The van der Waals surface area contributed by atoms with Crippen molar-refractivity contribution in [1.82, 2.24) is 14.3 Å². The van der Waals surface area contributed by atoms with Gasteiger partial charge in [-0.15, -0.1) is 0 Å². The Morgan fingerprint density at radius 3 is 2.88 bits per heavy atom. The van der Waals surface area contributed by atoms with Crippen molar-refractivity contribution in [2.24, 2.45) is 0 Å². The predicted octanol–water partition coefficient (Wildman–Crippen LogP) is -0.220. The molecule has 2 rings (SSSR count). The Hall–Kier alpha value is -1.41. The molecule has 7 nitrogen and oxygen atoms in total. The molecule has 0 radical (unpaired) electrons. The van der Waals surface area contributed by atoms with E-state index in [1.807, 2.05) is 0 Å². The minimum atomic E-state index is -0.333. The van der Waals surface area contributed by atoms with Gasteiger partial charge in [-0.25, -0.2) is 0 Å². The molecule has 0 spiro atoms. The minimum Gasteiger partial charge on any atom is -0.378 e. The largest absolute Gasteiger partial charge is 0.378 e. The van der Waals surface area contributed by atoms with Crippen molar-refractivity contribution in [3.63, 3.8) is 0 Å². The zero-order valence-electron chi connectivity index (χ0n) is 9.55. The van der Waals surface area contributed by atoms with Crippen molar-refractivity contribution in [3.05, 3.63) is 0 Å². The SMILES string of the molecule is CC(Nc1nc(N)ns1)C(=O)N1CCOCC1. The fourth-order valence-corrected chi connectivity index (χ4v) is 2.18. The fraction of sp³-hybridized carbons (Fsp3) is 0.667. The van der Waals surface area contributed by atoms with Gasteiger partial charge in [0.1, 0.15) is 6.04 Å². The average Bonchev–Trinajstić information content (AvgIpc) is 2.75. The molecule has 0 bridgehead atoms. The number of rotatable bonds is 3. The van der Waals surface area contributed by atoms with Crippen LogP contribution in [0.3, 0.4) is 0 Å². The summed E-state index contributed by atoms with van der Waals surface area (Å²) in [6.07, 6.45) is 0. The van der Waals surface area contributed by atoms with E-state index in [4.69, 9.17) is 10.5 Å². The highest BCUT2D eigenvalue weighted by molar-refractivity contribution is 7.09. The molecule has 1 aromatic rings. The average molecular weight is 257 g/mol. The van der Waals surface area contributed by atoms with Crippen molar-refractivity contribution < 1.29 is 9.53 Å². The Bertz CT molecular complexity index is 390. The molecule has 2 heterocycles. The number of hydrogen-bond acceptors (Lipinski definition) is 7. The van der Waals surface area contributed by atoms with Crippen molar-refractivity contribution in [2.45, 2.75) is 13.0 Å². The number of aromatic nitrogens is 2. The summed E-state index contributed by atoms with van der Waals surface area (Å²) < 4.78 is 9.04. The molecule has 0 saturated carbocycles. The third-order valence-corrected chi connectivity index (χ3v) is 3.14. The summed E-state index contributed by atoms with van der Waals surface area (Å²) in [5.74, 6) is 0.269. The van der Waals surface area contributed by atoms with Gasteiger partial charge in [-0.1, -0.05) is 0 Å². The first kappa shape index (κ1) is 12.1. The molecule has 1 unspecified atom stereocenters. The molecule has 1 aromatic heterocycles. The summed E-state index contributed by atoms with van der Waals surface area (Å²) in [5.41, 5.74) is 5.41. The number of nitrogens with one attached hydrogen (secondary N) is 1. The van der Waals surface area contributed by atoms with Crippen molar-refractivity contribution in [1.29, 1.82) is 0 Å². The highest BCUT2D eigenvalue weighted by Crippen LogP contribution is 2.14. The van der Waals surface area contributed by atoms with Gasteiger partial charge in [0.25, 0.3) is 0 Å². The Morgan fingerprint density at radius 2 is 2.29 bits per heavy atom. The summed E-state index contributed by atoms with van der Waals surface area (Å²) in [5, 5.41) is 3.56. The van der Waals surface area contributed by atoms with Crippen molar-refractivity contribution in [2.75, 3.05) is 37.4 Å². The first-order chi connectivity index (χ1) is 8.16. The lowest BCUT2D eigenvalue weighted by molar-refractivity contribution is -0.135. The highest BCUT2D eigenvalue weighted by atomic mass is 32.1. The normalized spacial score (nSPS) is 17.8. The number of amides is 1. The van der Waals surface area contributed by atoms with Gasteiger partial charge in [-0.05, 0) is 6.92 Å². The Morgan fingerprint density at radius 1 is 1.59 bits per heavy atom. The molecule has 1 aliphatic rings. The molecule has 1 aliphatic heterocycles. The molecular formula is C9H15N5O2S. The topological polar surface area (TPSA) is 93.4 Å². The first-order valence-electron chi connectivity index (χ1n) is 5.39. The maximum Gasteiger partial charge on any atom is 0.244 e. The summed E-state index contributed by atoms with van der Waals surface area (Å²) in [7, 11) is 0. The molecule has 17 heavy (non-hydrogen) atoms. The number of nitrogen functional groups attached to an aromatic ring is 1. The van der Waals surface area contributed by atoms with Gasteiger partial charge in [0, 0.05) is 24.6 Å². The summed E-state index contributed by atoms with van der Waals surface area (Å²) >= 11 is 1.15. The number of nitrogens with two attached hydrogens (primary N) is 1. The van der Waals surface area contributed by atoms with Crippen molar-refractivity contribution in [3.8, 4) is 0 Å². The van der Waals surface area contributed by atoms with Crippen LogP contribution in [0.15, 0.2) is 0 Å². The molecule has 94 valence electrons. The minimum absolute atomic E-state index is 0.0436. The van der Waals surface area contributed by atoms with Gasteiger partial charge in [0.15, 0.2) is 0 Å². The third kappa shape index (κ3) is 3.04. The lowest BCUT2D eigenvalue weighted by Crippen LogP contribution is -2.46. The lowest BCUT2D eigenvalue weighted by Gasteiger charge is -2.29. The van der Waals surface area contributed by atoms with Crippen LogP contribution in [-0.4, -0.2) is 52.5 Å². The number of carbonyl (C=O) groups is 1. The van der Waals surface area contributed by atoms with E-state index in [2.05, 4.69) is 14.7 Å². The van der Waals surface area contributed by atoms with E-state index in [1.165, 1.54) is 0 Å². The standard InChI is InChI=1S/C9H15N5O2S/c1-6(11-9-12-8(10)13-17-9)7(15)14-2-4-16-5-3-14/h6H,2-5H2,1H3,(H3,10,11,12,13). The molecule has 1 amide bonds. The summed E-state index contributed by atoms with van der Waals surface area (Å²) in [6.45, 7) is 4.29. The number of carbonyl (C=O) groups excluding carboxylic acids is 1. The molecule has 0 aliphatic carbocycles. The second-order valence-electron chi connectivity index (χ2n) is 3.76. The van der Waals surface area contributed by atoms with E-state index in [0.717, 1.165) is 11.5 Å². The number of morpholine rings is 1. The predicted molar refractivity (Wildman–Crippen MR) is 64.8 cm³/mol. The highest BCUT2D eigenvalue weighted by Gasteiger charge is 2.22. The zero-order valence-corrected chi connectivity index (χ0v) is 10.4. The van der Waals surface area contributed by atoms with Crippen LogP contribution in [0, 0.1) is 0 Å². The van der Waals surface area contributed by atoms with E-state index in [1.54, 1.807) is 11.8 Å². The first-order valence-corrected chi connectivity index (χ1v) is 6.16. The fourth-order valence-electron chi connectivity index (χ4n) is 1.60. The Kier molecular flexibility index (Phi) is 3.75. The molecular weight excluding hydrogens is 242 g/mol.